The molecule has 0 aromatic heterocycles. The molecule has 0 aliphatic heterocycles. The number of nitrogens with one attached hydrogen (secondary N) is 1. The van der Waals surface area contributed by atoms with Crippen LogP contribution in [0.1, 0.15) is 44.2 Å². The minimum absolute atomic E-state index is 0.186. The summed E-state index contributed by atoms with van der Waals surface area (Å²) < 4.78 is 13.8. The summed E-state index contributed by atoms with van der Waals surface area (Å²) in [6.45, 7) is 3.19. The molecule has 1 fully saturated rings. The summed E-state index contributed by atoms with van der Waals surface area (Å²) in [6.07, 6.45) is 5.01. The molecule has 1 N–H and O–H groups in total. The molecule has 1 nitrogen and oxygen atoms in total. The van der Waals surface area contributed by atoms with E-state index in [1.165, 1.54) is 24.8 Å². The minimum Gasteiger partial charge on any atom is -0.310 e. The Morgan fingerprint density at radius 3 is 2.82 bits per heavy atom. The van der Waals surface area contributed by atoms with E-state index >= 15 is 0 Å². The second-order valence-corrected chi connectivity index (χ2v) is 5.71. The average Bonchev–Trinajstić information content (AvgIpc) is 3.12. The average molecular weight is 300 g/mol. The highest BCUT2D eigenvalue weighted by Crippen LogP contribution is 2.38. The van der Waals surface area contributed by atoms with E-state index in [2.05, 4.69) is 28.2 Å². The van der Waals surface area contributed by atoms with Crippen LogP contribution >= 0.6 is 15.9 Å². The highest BCUT2D eigenvalue weighted by molar-refractivity contribution is 9.10. The predicted molar refractivity (Wildman–Crippen MR) is 72.5 cm³/mol. The van der Waals surface area contributed by atoms with Crippen LogP contribution in [0.25, 0.3) is 0 Å². The second-order valence-electron chi connectivity index (χ2n) is 4.86. The van der Waals surface area contributed by atoms with Crippen LogP contribution in [-0.2, 0) is 0 Å². The largest absolute Gasteiger partial charge is 0.310 e. The first-order chi connectivity index (χ1) is 8.20. The molecule has 1 aliphatic rings. The lowest BCUT2D eigenvalue weighted by atomic mass is 10.0. The standard InChI is InChI=1S/C14H19BrFN/c1-2-7-17-14(8-10-3-4-10)11-5-6-13(16)12(15)9-11/h5-6,9-10,14,17H,2-4,7-8H2,1H3. The molecule has 94 valence electrons. The van der Waals surface area contributed by atoms with Crippen LogP contribution in [-0.4, -0.2) is 6.54 Å². The van der Waals surface area contributed by atoms with Gasteiger partial charge in [-0.2, -0.15) is 0 Å². The van der Waals surface area contributed by atoms with E-state index in [1.54, 1.807) is 6.07 Å². The molecule has 1 aromatic carbocycles. The molecule has 0 spiro atoms. The zero-order valence-corrected chi connectivity index (χ0v) is 11.8. The predicted octanol–water partition coefficient (Wildman–Crippen LogP) is 4.43. The van der Waals surface area contributed by atoms with Crippen molar-refractivity contribution in [3.05, 3.63) is 34.1 Å². The molecule has 1 atom stereocenters. The van der Waals surface area contributed by atoms with Crippen LogP contribution in [0, 0.1) is 11.7 Å². The van der Waals surface area contributed by atoms with E-state index in [4.69, 9.17) is 0 Å². The van der Waals surface area contributed by atoms with Crippen molar-refractivity contribution in [2.24, 2.45) is 5.92 Å². The molecule has 1 aromatic rings. The van der Waals surface area contributed by atoms with E-state index in [9.17, 15) is 4.39 Å². The molecule has 0 bridgehead atoms. The fraction of sp³-hybridized carbons (Fsp3) is 0.571. The first-order valence-electron chi connectivity index (χ1n) is 6.39. The number of rotatable bonds is 6. The Morgan fingerprint density at radius 1 is 1.47 bits per heavy atom. The first kappa shape index (κ1) is 13.0. The summed E-state index contributed by atoms with van der Waals surface area (Å²) in [5.74, 6) is 0.683. The molecule has 1 unspecified atom stereocenters. The summed E-state index contributed by atoms with van der Waals surface area (Å²) in [7, 11) is 0. The molecule has 17 heavy (non-hydrogen) atoms. The summed E-state index contributed by atoms with van der Waals surface area (Å²) in [5.41, 5.74) is 1.19. The first-order valence-corrected chi connectivity index (χ1v) is 7.18. The lowest BCUT2D eigenvalue weighted by Crippen LogP contribution is -2.22. The van der Waals surface area contributed by atoms with Crippen molar-refractivity contribution >= 4 is 15.9 Å². The van der Waals surface area contributed by atoms with Crippen LogP contribution in [0.4, 0.5) is 4.39 Å². The van der Waals surface area contributed by atoms with Crippen molar-refractivity contribution in [3.8, 4) is 0 Å². The van der Waals surface area contributed by atoms with Gasteiger partial charge in [-0.25, -0.2) is 4.39 Å². The Kier molecular flexibility index (Phi) is 4.57. The second kappa shape index (κ2) is 5.96. The molecule has 3 heteroatoms. The highest BCUT2D eigenvalue weighted by Gasteiger charge is 2.26. The van der Waals surface area contributed by atoms with Gasteiger partial charge in [0.25, 0.3) is 0 Å². The van der Waals surface area contributed by atoms with Crippen LogP contribution in [0.3, 0.4) is 0 Å². The van der Waals surface area contributed by atoms with Crippen molar-refractivity contribution in [1.82, 2.24) is 5.32 Å². The molecule has 0 radical (unpaired) electrons. The van der Waals surface area contributed by atoms with Gasteiger partial charge in [0.1, 0.15) is 5.82 Å². The van der Waals surface area contributed by atoms with E-state index in [0.29, 0.717) is 10.5 Å². The van der Waals surface area contributed by atoms with E-state index in [0.717, 1.165) is 18.9 Å². The molecule has 0 saturated heterocycles. The Labute approximate surface area is 111 Å². The van der Waals surface area contributed by atoms with Gasteiger partial charge in [-0.1, -0.05) is 25.8 Å². The van der Waals surface area contributed by atoms with Crippen molar-refractivity contribution in [2.75, 3.05) is 6.54 Å². The maximum absolute atomic E-state index is 13.2. The summed E-state index contributed by atoms with van der Waals surface area (Å²) in [4.78, 5) is 0. The van der Waals surface area contributed by atoms with Gasteiger partial charge in [-0.3, -0.25) is 0 Å². The Balaban J connectivity index is 2.08. The quantitative estimate of drug-likeness (QED) is 0.819. The zero-order chi connectivity index (χ0) is 12.3. The van der Waals surface area contributed by atoms with Gasteiger partial charge in [0.05, 0.1) is 4.47 Å². The van der Waals surface area contributed by atoms with E-state index in [1.807, 2.05) is 12.1 Å². The van der Waals surface area contributed by atoms with Crippen LogP contribution < -0.4 is 5.32 Å². The van der Waals surface area contributed by atoms with Crippen molar-refractivity contribution in [1.29, 1.82) is 0 Å². The van der Waals surface area contributed by atoms with Gasteiger partial charge in [-0.05, 0) is 58.9 Å². The third-order valence-corrected chi connectivity index (χ3v) is 3.86. The SMILES string of the molecule is CCCNC(CC1CC1)c1ccc(F)c(Br)c1. The summed E-state index contributed by atoms with van der Waals surface area (Å²) in [5, 5.41) is 3.56. The zero-order valence-electron chi connectivity index (χ0n) is 10.2. The minimum atomic E-state index is -0.186. The summed E-state index contributed by atoms with van der Waals surface area (Å²) in [6, 6.07) is 5.73. The fourth-order valence-electron chi connectivity index (χ4n) is 2.07. The highest BCUT2D eigenvalue weighted by atomic mass is 79.9. The number of benzene rings is 1. The normalized spacial score (nSPS) is 17.1. The van der Waals surface area contributed by atoms with Gasteiger partial charge in [0, 0.05) is 6.04 Å². The van der Waals surface area contributed by atoms with Crippen LogP contribution in [0.15, 0.2) is 22.7 Å². The Bertz CT molecular complexity index is 376. The number of halogens is 2. The molecular formula is C14H19BrFN. The molecule has 2 rings (SSSR count). The van der Waals surface area contributed by atoms with Crippen molar-refractivity contribution < 1.29 is 4.39 Å². The van der Waals surface area contributed by atoms with Gasteiger partial charge in [0.15, 0.2) is 0 Å². The van der Waals surface area contributed by atoms with E-state index in [-0.39, 0.29) is 5.82 Å². The number of hydrogen-bond acceptors (Lipinski definition) is 1. The maximum atomic E-state index is 13.2. The number of hydrogen-bond donors (Lipinski definition) is 1. The monoisotopic (exact) mass is 299 g/mol. The lowest BCUT2D eigenvalue weighted by molar-refractivity contribution is 0.473. The lowest BCUT2D eigenvalue weighted by Gasteiger charge is -2.19. The van der Waals surface area contributed by atoms with Gasteiger partial charge in [0.2, 0.25) is 0 Å². The third kappa shape index (κ3) is 3.78. The third-order valence-electron chi connectivity index (χ3n) is 3.25. The molecule has 1 saturated carbocycles. The molecule has 1 aliphatic carbocycles. The van der Waals surface area contributed by atoms with Crippen molar-refractivity contribution in [3.63, 3.8) is 0 Å². The Hall–Kier alpha value is -0.410. The smallest absolute Gasteiger partial charge is 0.137 e. The van der Waals surface area contributed by atoms with Crippen LogP contribution in [0.5, 0.6) is 0 Å². The molecular weight excluding hydrogens is 281 g/mol. The van der Waals surface area contributed by atoms with Crippen molar-refractivity contribution in [2.45, 2.75) is 38.6 Å². The molecule has 0 heterocycles. The summed E-state index contributed by atoms with van der Waals surface area (Å²) >= 11 is 3.26. The van der Waals surface area contributed by atoms with Gasteiger partial charge >= 0.3 is 0 Å². The van der Waals surface area contributed by atoms with E-state index < -0.39 is 0 Å². The van der Waals surface area contributed by atoms with Crippen LogP contribution in [0.2, 0.25) is 0 Å². The molecule has 0 amide bonds. The Morgan fingerprint density at radius 2 is 2.24 bits per heavy atom. The van der Waals surface area contributed by atoms with Gasteiger partial charge in [-0.15, -0.1) is 0 Å². The maximum Gasteiger partial charge on any atom is 0.137 e. The topological polar surface area (TPSA) is 12.0 Å². The fourth-order valence-corrected chi connectivity index (χ4v) is 2.47. The van der Waals surface area contributed by atoms with Gasteiger partial charge < -0.3 is 5.32 Å².